The Morgan fingerprint density at radius 1 is 1.28 bits per heavy atom. The summed E-state index contributed by atoms with van der Waals surface area (Å²) in [6.45, 7) is 4.16. The number of aliphatic hydroxyl groups is 1. The molecule has 1 aliphatic rings. The molecule has 1 N–H and O–H groups in total. The molecule has 3 heterocycles. The molecule has 134 valence electrons. The minimum absolute atomic E-state index is 0.166. The molecule has 1 unspecified atom stereocenters. The largest absolute Gasteiger partial charge is 0.387 e. The van der Waals surface area contributed by atoms with Gasteiger partial charge >= 0.3 is 0 Å². The molecule has 2 aromatic rings. The predicted octanol–water partition coefficient (Wildman–Crippen LogP) is 2.20. The van der Waals surface area contributed by atoms with E-state index < -0.39 is 6.10 Å². The van der Waals surface area contributed by atoms with Crippen LogP contribution in [0.25, 0.3) is 0 Å². The first-order valence-corrected chi connectivity index (χ1v) is 9.05. The first kappa shape index (κ1) is 17.6. The van der Waals surface area contributed by atoms with Crippen LogP contribution in [0.3, 0.4) is 0 Å². The van der Waals surface area contributed by atoms with Gasteiger partial charge in [-0.05, 0) is 30.9 Å². The summed E-state index contributed by atoms with van der Waals surface area (Å²) in [5.74, 6) is 1.37. The van der Waals surface area contributed by atoms with Gasteiger partial charge in [0.05, 0.1) is 11.8 Å². The maximum Gasteiger partial charge on any atom is 0.224 e. The Bertz CT molecular complexity index is 678. The second kappa shape index (κ2) is 8.25. The number of aryl methyl sites for hydroxylation is 2. The molecule has 25 heavy (non-hydrogen) atoms. The molecule has 0 aromatic carbocycles. The number of aliphatic hydroxyl groups excluding tert-OH is 1. The van der Waals surface area contributed by atoms with Crippen LogP contribution in [0.4, 0.5) is 0 Å². The SMILES string of the molecule is CCc1nccn1CCC(=O)N1CCC(C(O)c2ccccn2)CC1. The zero-order valence-corrected chi connectivity index (χ0v) is 14.7. The monoisotopic (exact) mass is 342 g/mol. The van der Waals surface area contributed by atoms with E-state index in [0.29, 0.717) is 26.1 Å². The Labute approximate surface area is 148 Å². The van der Waals surface area contributed by atoms with Gasteiger partial charge in [-0.2, -0.15) is 0 Å². The Morgan fingerprint density at radius 3 is 2.76 bits per heavy atom. The van der Waals surface area contributed by atoms with E-state index in [1.165, 1.54) is 0 Å². The second-order valence-electron chi connectivity index (χ2n) is 6.56. The molecule has 1 saturated heterocycles. The van der Waals surface area contributed by atoms with Gasteiger partial charge in [-0.25, -0.2) is 4.98 Å². The molecule has 0 aliphatic carbocycles. The van der Waals surface area contributed by atoms with E-state index in [2.05, 4.69) is 21.5 Å². The topological polar surface area (TPSA) is 71.2 Å². The summed E-state index contributed by atoms with van der Waals surface area (Å²) in [7, 11) is 0. The molecule has 3 rings (SSSR count). The van der Waals surface area contributed by atoms with Crippen molar-refractivity contribution >= 4 is 5.91 Å². The number of carbonyl (C=O) groups is 1. The summed E-state index contributed by atoms with van der Waals surface area (Å²) in [5.41, 5.74) is 0.722. The molecule has 0 bridgehead atoms. The van der Waals surface area contributed by atoms with Crippen molar-refractivity contribution in [2.75, 3.05) is 13.1 Å². The Kier molecular flexibility index (Phi) is 5.81. The average Bonchev–Trinajstić information content (AvgIpc) is 3.14. The zero-order valence-electron chi connectivity index (χ0n) is 14.7. The van der Waals surface area contributed by atoms with E-state index in [1.807, 2.05) is 29.3 Å². The van der Waals surface area contributed by atoms with E-state index in [-0.39, 0.29) is 11.8 Å². The van der Waals surface area contributed by atoms with E-state index in [1.54, 1.807) is 12.4 Å². The van der Waals surface area contributed by atoms with Crippen molar-refractivity contribution in [2.24, 2.45) is 5.92 Å². The van der Waals surface area contributed by atoms with E-state index in [4.69, 9.17) is 0 Å². The summed E-state index contributed by atoms with van der Waals surface area (Å²) >= 11 is 0. The highest BCUT2D eigenvalue weighted by molar-refractivity contribution is 5.76. The normalized spacial score (nSPS) is 16.8. The highest BCUT2D eigenvalue weighted by Gasteiger charge is 2.28. The van der Waals surface area contributed by atoms with Crippen LogP contribution in [0.15, 0.2) is 36.8 Å². The van der Waals surface area contributed by atoms with Gasteiger partial charge in [-0.1, -0.05) is 13.0 Å². The molecule has 0 radical (unpaired) electrons. The molecule has 0 saturated carbocycles. The Hall–Kier alpha value is -2.21. The highest BCUT2D eigenvalue weighted by Crippen LogP contribution is 2.29. The van der Waals surface area contributed by atoms with Gasteiger partial charge in [-0.3, -0.25) is 9.78 Å². The van der Waals surface area contributed by atoms with Crippen LogP contribution in [-0.2, 0) is 17.8 Å². The van der Waals surface area contributed by atoms with Gasteiger partial charge < -0.3 is 14.6 Å². The van der Waals surface area contributed by atoms with Crippen molar-refractivity contribution in [3.8, 4) is 0 Å². The lowest BCUT2D eigenvalue weighted by Gasteiger charge is -2.34. The van der Waals surface area contributed by atoms with Gasteiger partial charge in [0.25, 0.3) is 0 Å². The Morgan fingerprint density at radius 2 is 2.08 bits per heavy atom. The van der Waals surface area contributed by atoms with Gasteiger partial charge in [0.2, 0.25) is 5.91 Å². The fraction of sp³-hybridized carbons (Fsp3) is 0.526. The van der Waals surface area contributed by atoms with Crippen molar-refractivity contribution in [1.29, 1.82) is 0 Å². The molecule has 1 aliphatic heterocycles. The van der Waals surface area contributed by atoms with Crippen LogP contribution < -0.4 is 0 Å². The van der Waals surface area contributed by atoms with E-state index >= 15 is 0 Å². The van der Waals surface area contributed by atoms with Crippen LogP contribution >= 0.6 is 0 Å². The van der Waals surface area contributed by atoms with Crippen LogP contribution in [0.1, 0.15) is 43.8 Å². The predicted molar refractivity (Wildman–Crippen MR) is 94.7 cm³/mol. The van der Waals surface area contributed by atoms with Crippen LogP contribution in [0, 0.1) is 5.92 Å². The lowest BCUT2D eigenvalue weighted by Crippen LogP contribution is -2.40. The molecule has 6 nitrogen and oxygen atoms in total. The second-order valence-corrected chi connectivity index (χ2v) is 6.56. The zero-order chi connectivity index (χ0) is 17.6. The summed E-state index contributed by atoms with van der Waals surface area (Å²) in [4.78, 5) is 22.9. The standard InChI is InChI=1S/C19H26N4O2/c1-2-17-21-10-14-22(17)13-8-18(24)23-11-6-15(7-12-23)19(25)16-5-3-4-9-20-16/h3-5,9-10,14-15,19,25H,2,6-8,11-13H2,1H3. The number of amides is 1. The molecule has 6 heteroatoms. The molecule has 1 atom stereocenters. The lowest BCUT2D eigenvalue weighted by molar-refractivity contribution is -0.133. The van der Waals surface area contributed by atoms with Crippen LogP contribution in [-0.4, -0.2) is 43.5 Å². The van der Waals surface area contributed by atoms with Crippen molar-refractivity contribution in [2.45, 2.75) is 45.3 Å². The third-order valence-electron chi connectivity index (χ3n) is 5.01. The number of hydrogen-bond acceptors (Lipinski definition) is 4. The maximum atomic E-state index is 12.5. The van der Waals surface area contributed by atoms with E-state index in [9.17, 15) is 9.90 Å². The number of pyridine rings is 1. The number of rotatable bonds is 6. The van der Waals surface area contributed by atoms with E-state index in [0.717, 1.165) is 30.8 Å². The van der Waals surface area contributed by atoms with Gasteiger partial charge in [0, 0.05) is 51.1 Å². The maximum absolute atomic E-state index is 12.5. The molecular weight excluding hydrogens is 316 g/mol. The van der Waals surface area contributed by atoms with Crippen molar-refractivity contribution in [3.63, 3.8) is 0 Å². The molecule has 2 aromatic heterocycles. The fourth-order valence-corrected chi connectivity index (χ4v) is 3.49. The minimum Gasteiger partial charge on any atom is -0.387 e. The fourth-order valence-electron chi connectivity index (χ4n) is 3.49. The average molecular weight is 342 g/mol. The summed E-state index contributed by atoms with van der Waals surface area (Å²) in [6.07, 6.45) is 7.88. The number of nitrogens with zero attached hydrogens (tertiary/aromatic N) is 4. The molecule has 1 amide bonds. The third kappa shape index (κ3) is 4.25. The Balaban J connectivity index is 1.47. The number of carbonyl (C=O) groups excluding carboxylic acids is 1. The first-order chi connectivity index (χ1) is 12.2. The smallest absolute Gasteiger partial charge is 0.224 e. The first-order valence-electron chi connectivity index (χ1n) is 9.05. The van der Waals surface area contributed by atoms with Crippen molar-refractivity contribution in [1.82, 2.24) is 19.4 Å². The van der Waals surface area contributed by atoms with Gasteiger partial charge in [0.15, 0.2) is 0 Å². The minimum atomic E-state index is -0.545. The molecular formula is C19H26N4O2. The molecule has 0 spiro atoms. The van der Waals surface area contributed by atoms with Crippen LogP contribution in [0.2, 0.25) is 0 Å². The lowest BCUT2D eigenvalue weighted by atomic mass is 9.89. The molecule has 1 fully saturated rings. The van der Waals surface area contributed by atoms with Crippen LogP contribution in [0.5, 0.6) is 0 Å². The van der Waals surface area contributed by atoms with Crippen molar-refractivity contribution < 1.29 is 9.90 Å². The number of imidazole rings is 1. The van der Waals surface area contributed by atoms with Gasteiger partial charge in [-0.15, -0.1) is 0 Å². The van der Waals surface area contributed by atoms with Crippen molar-refractivity contribution in [3.05, 3.63) is 48.3 Å². The number of piperidine rings is 1. The van der Waals surface area contributed by atoms with Gasteiger partial charge in [0.1, 0.15) is 5.82 Å². The summed E-state index contributed by atoms with van der Waals surface area (Å²) in [5, 5.41) is 10.5. The quantitative estimate of drug-likeness (QED) is 0.874. The number of hydrogen-bond donors (Lipinski definition) is 1. The third-order valence-corrected chi connectivity index (χ3v) is 5.01. The number of aromatic nitrogens is 3. The summed E-state index contributed by atoms with van der Waals surface area (Å²) in [6, 6.07) is 5.60. The highest BCUT2D eigenvalue weighted by atomic mass is 16.3. The summed E-state index contributed by atoms with van der Waals surface area (Å²) < 4.78 is 2.05. The number of likely N-dealkylation sites (tertiary alicyclic amines) is 1.